The molecule has 1 heterocycles. The molecule has 20 heavy (non-hydrogen) atoms. The fourth-order valence-electron chi connectivity index (χ4n) is 2.44. The number of aromatic nitrogens is 1. The summed E-state index contributed by atoms with van der Waals surface area (Å²) < 4.78 is 0. The summed E-state index contributed by atoms with van der Waals surface area (Å²) in [6.45, 7) is 3.97. The van der Waals surface area contributed by atoms with Crippen LogP contribution in [0.5, 0.6) is 0 Å². The Bertz CT molecular complexity index is 800. The van der Waals surface area contributed by atoms with Gasteiger partial charge in [-0.1, -0.05) is 35.9 Å². The Labute approximate surface area is 118 Å². The first-order valence-electron chi connectivity index (χ1n) is 6.61. The van der Waals surface area contributed by atoms with Crippen LogP contribution in [0.4, 0.5) is 0 Å². The van der Waals surface area contributed by atoms with Crippen LogP contribution in [0.3, 0.4) is 0 Å². The van der Waals surface area contributed by atoms with Crippen molar-refractivity contribution in [3.05, 3.63) is 77.1 Å². The number of nitrogens with zero attached hydrogens (tertiary/aromatic N) is 1. The minimum absolute atomic E-state index is 0.0600. The van der Waals surface area contributed by atoms with Gasteiger partial charge in [-0.15, -0.1) is 0 Å². The van der Waals surface area contributed by atoms with Crippen molar-refractivity contribution in [1.29, 1.82) is 0 Å². The minimum Gasteiger partial charge on any atom is -0.289 e. The summed E-state index contributed by atoms with van der Waals surface area (Å²) in [5.41, 5.74) is 3.57. The first-order chi connectivity index (χ1) is 9.66. The van der Waals surface area contributed by atoms with Gasteiger partial charge in [0.05, 0.1) is 0 Å². The predicted molar refractivity (Wildman–Crippen MR) is 81.1 cm³/mol. The van der Waals surface area contributed by atoms with E-state index in [2.05, 4.69) is 4.98 Å². The molecule has 0 fully saturated rings. The van der Waals surface area contributed by atoms with Gasteiger partial charge in [-0.3, -0.25) is 9.78 Å². The van der Waals surface area contributed by atoms with Crippen molar-refractivity contribution in [2.75, 3.05) is 0 Å². The number of fused-ring (bicyclic) bond motifs is 1. The summed E-state index contributed by atoms with van der Waals surface area (Å²) in [6, 6.07) is 13.7. The van der Waals surface area contributed by atoms with Crippen LogP contribution < -0.4 is 0 Å². The van der Waals surface area contributed by atoms with Gasteiger partial charge in [0.25, 0.3) is 0 Å². The van der Waals surface area contributed by atoms with Crippen molar-refractivity contribution in [3.8, 4) is 0 Å². The molecule has 0 atom stereocenters. The molecule has 0 bridgehead atoms. The summed E-state index contributed by atoms with van der Waals surface area (Å²) in [5, 5.41) is 1.94. The molecule has 1 aromatic heterocycles. The average Bonchev–Trinajstić information content (AvgIpc) is 2.48. The summed E-state index contributed by atoms with van der Waals surface area (Å²) in [5.74, 6) is 0.0600. The molecule has 2 aromatic carbocycles. The van der Waals surface area contributed by atoms with Crippen molar-refractivity contribution in [2.24, 2.45) is 0 Å². The second-order valence-electron chi connectivity index (χ2n) is 5.05. The van der Waals surface area contributed by atoms with Crippen LogP contribution in [0, 0.1) is 13.8 Å². The lowest BCUT2D eigenvalue weighted by Crippen LogP contribution is -2.05. The number of ketones is 1. The lowest BCUT2D eigenvalue weighted by atomic mass is 9.94. The maximum absolute atomic E-state index is 12.8. The number of carbonyl (C=O) groups is 1. The Balaban J connectivity index is 2.20. The molecule has 0 saturated carbocycles. The van der Waals surface area contributed by atoms with E-state index in [1.54, 1.807) is 12.4 Å². The van der Waals surface area contributed by atoms with Gasteiger partial charge in [0.15, 0.2) is 5.78 Å². The van der Waals surface area contributed by atoms with Crippen molar-refractivity contribution >= 4 is 16.6 Å². The maximum atomic E-state index is 12.8. The quantitative estimate of drug-likeness (QED) is 0.650. The molecule has 0 aliphatic heterocycles. The average molecular weight is 261 g/mol. The highest BCUT2D eigenvalue weighted by Gasteiger charge is 2.14. The number of benzene rings is 2. The molecule has 0 spiro atoms. The normalized spacial score (nSPS) is 10.7. The lowest BCUT2D eigenvalue weighted by Gasteiger charge is -2.08. The summed E-state index contributed by atoms with van der Waals surface area (Å²) >= 11 is 0. The second-order valence-corrected chi connectivity index (χ2v) is 5.05. The fraction of sp³-hybridized carbons (Fsp3) is 0.111. The molecule has 98 valence electrons. The highest BCUT2D eigenvalue weighted by Crippen LogP contribution is 2.22. The zero-order valence-corrected chi connectivity index (χ0v) is 11.6. The van der Waals surface area contributed by atoms with Gasteiger partial charge in [0.1, 0.15) is 0 Å². The molecule has 0 saturated heterocycles. The molecule has 0 aliphatic rings. The zero-order chi connectivity index (χ0) is 14.1. The fourth-order valence-corrected chi connectivity index (χ4v) is 2.44. The highest BCUT2D eigenvalue weighted by atomic mass is 16.1. The van der Waals surface area contributed by atoms with Gasteiger partial charge in [0, 0.05) is 28.9 Å². The zero-order valence-electron chi connectivity index (χ0n) is 11.6. The van der Waals surface area contributed by atoms with E-state index in [9.17, 15) is 4.79 Å². The van der Waals surface area contributed by atoms with Gasteiger partial charge >= 0.3 is 0 Å². The molecule has 0 N–H and O–H groups in total. The third-order valence-electron chi connectivity index (χ3n) is 3.57. The summed E-state index contributed by atoms with van der Waals surface area (Å²) in [4.78, 5) is 16.9. The minimum atomic E-state index is 0.0600. The van der Waals surface area contributed by atoms with Crippen molar-refractivity contribution < 1.29 is 4.79 Å². The number of aryl methyl sites for hydroxylation is 2. The Morgan fingerprint density at radius 3 is 2.70 bits per heavy atom. The summed E-state index contributed by atoms with van der Waals surface area (Å²) in [6.07, 6.45) is 3.50. The van der Waals surface area contributed by atoms with Crippen LogP contribution in [-0.4, -0.2) is 10.8 Å². The number of hydrogen-bond donors (Lipinski definition) is 0. The number of hydrogen-bond acceptors (Lipinski definition) is 2. The molecule has 0 radical (unpaired) electrons. The Hall–Kier alpha value is -2.48. The van der Waals surface area contributed by atoms with E-state index in [1.165, 1.54) is 0 Å². The van der Waals surface area contributed by atoms with Crippen molar-refractivity contribution in [2.45, 2.75) is 13.8 Å². The van der Waals surface area contributed by atoms with E-state index in [4.69, 9.17) is 0 Å². The van der Waals surface area contributed by atoms with Crippen LogP contribution in [-0.2, 0) is 0 Å². The molecule has 0 amide bonds. The molecule has 0 unspecified atom stereocenters. The Morgan fingerprint density at radius 1 is 1.00 bits per heavy atom. The van der Waals surface area contributed by atoms with Crippen molar-refractivity contribution in [1.82, 2.24) is 4.98 Å². The van der Waals surface area contributed by atoms with Gasteiger partial charge in [-0.2, -0.15) is 0 Å². The van der Waals surface area contributed by atoms with Gasteiger partial charge in [0.2, 0.25) is 0 Å². The van der Waals surface area contributed by atoms with E-state index >= 15 is 0 Å². The Morgan fingerprint density at radius 2 is 1.85 bits per heavy atom. The van der Waals surface area contributed by atoms with Crippen molar-refractivity contribution in [3.63, 3.8) is 0 Å². The number of rotatable bonds is 2. The standard InChI is InChI=1S/C18H15NO/c1-12-6-7-13(2)16(10-12)18(20)15-5-3-4-14-8-9-19-11-17(14)15/h3-11H,1-2H3. The Kier molecular flexibility index (Phi) is 3.07. The molecule has 3 rings (SSSR count). The van der Waals surface area contributed by atoms with Crippen LogP contribution in [0.15, 0.2) is 54.9 Å². The van der Waals surface area contributed by atoms with Gasteiger partial charge in [-0.25, -0.2) is 0 Å². The van der Waals surface area contributed by atoms with E-state index in [-0.39, 0.29) is 5.78 Å². The number of carbonyl (C=O) groups excluding carboxylic acids is 1. The first-order valence-corrected chi connectivity index (χ1v) is 6.61. The molecule has 3 aromatic rings. The van der Waals surface area contributed by atoms with Gasteiger partial charge in [-0.05, 0) is 36.9 Å². The van der Waals surface area contributed by atoms with Crippen LogP contribution in [0.1, 0.15) is 27.0 Å². The predicted octanol–water partition coefficient (Wildman–Crippen LogP) is 4.08. The monoisotopic (exact) mass is 261 g/mol. The molecular formula is C18H15NO. The topological polar surface area (TPSA) is 30.0 Å². The molecule has 2 nitrogen and oxygen atoms in total. The van der Waals surface area contributed by atoms with Crippen LogP contribution >= 0.6 is 0 Å². The smallest absolute Gasteiger partial charge is 0.193 e. The van der Waals surface area contributed by atoms with Gasteiger partial charge < -0.3 is 0 Å². The second kappa shape index (κ2) is 4.89. The van der Waals surface area contributed by atoms with E-state index < -0.39 is 0 Å². The third-order valence-corrected chi connectivity index (χ3v) is 3.57. The molecular weight excluding hydrogens is 246 g/mol. The van der Waals surface area contributed by atoms with E-state index in [0.29, 0.717) is 5.56 Å². The number of pyridine rings is 1. The molecule has 0 aliphatic carbocycles. The van der Waals surface area contributed by atoms with E-state index in [1.807, 2.05) is 56.3 Å². The lowest BCUT2D eigenvalue weighted by molar-refractivity contribution is 0.103. The SMILES string of the molecule is Cc1ccc(C)c(C(=O)c2cccc3ccncc23)c1. The maximum Gasteiger partial charge on any atom is 0.193 e. The molecule has 2 heteroatoms. The van der Waals surface area contributed by atoms with Crippen LogP contribution in [0.2, 0.25) is 0 Å². The largest absolute Gasteiger partial charge is 0.289 e. The first kappa shape index (κ1) is 12.5. The van der Waals surface area contributed by atoms with E-state index in [0.717, 1.165) is 27.5 Å². The highest BCUT2D eigenvalue weighted by molar-refractivity contribution is 6.16. The summed E-state index contributed by atoms with van der Waals surface area (Å²) in [7, 11) is 0. The third kappa shape index (κ3) is 2.10. The van der Waals surface area contributed by atoms with Crippen LogP contribution in [0.25, 0.3) is 10.8 Å².